The number of imide groups is 1. The summed E-state index contributed by atoms with van der Waals surface area (Å²) in [6, 6.07) is 25.6. The van der Waals surface area contributed by atoms with Crippen LogP contribution in [0, 0.1) is 10.1 Å². The molecule has 46 heavy (non-hydrogen) atoms. The van der Waals surface area contributed by atoms with E-state index in [0.29, 0.717) is 33.2 Å². The standard InChI is InChI=1S/C33H24N4O8S/c38-30-18-29(33(41)36(30)23-10-12-24(13-11-23)37(42)43)46-25-8-4-7-22(17-25)34-32(40)26(35-31(39)21-5-2-1-3-6-21)15-20-9-14-27-28(16-20)45-19-44-27/h1-17,29H,18-19H2,(H,34,40)(H,35,39)/b26-15-/t29-/m1/s1. The predicted octanol–water partition coefficient (Wildman–Crippen LogP) is 5.16. The Morgan fingerprint density at radius 1 is 0.913 bits per heavy atom. The summed E-state index contributed by atoms with van der Waals surface area (Å²) >= 11 is 1.16. The highest BCUT2D eigenvalue weighted by Gasteiger charge is 2.40. The van der Waals surface area contributed by atoms with Crippen LogP contribution in [0.3, 0.4) is 0 Å². The number of hydrogen-bond acceptors (Lipinski definition) is 9. The maximum atomic E-state index is 13.5. The zero-order valence-electron chi connectivity index (χ0n) is 23.9. The Kier molecular flexibility index (Phi) is 8.48. The maximum Gasteiger partial charge on any atom is 0.272 e. The number of carbonyl (C=O) groups excluding carboxylic acids is 4. The van der Waals surface area contributed by atoms with E-state index in [2.05, 4.69) is 10.6 Å². The minimum atomic E-state index is -0.736. The van der Waals surface area contributed by atoms with E-state index in [4.69, 9.17) is 9.47 Å². The summed E-state index contributed by atoms with van der Waals surface area (Å²) in [6.45, 7) is 0.0879. The zero-order valence-corrected chi connectivity index (χ0v) is 24.7. The lowest BCUT2D eigenvalue weighted by Crippen LogP contribution is -2.31. The van der Waals surface area contributed by atoms with E-state index >= 15 is 0 Å². The van der Waals surface area contributed by atoms with Crippen molar-refractivity contribution in [3.63, 3.8) is 0 Å². The molecule has 2 aliphatic rings. The first kappa shape index (κ1) is 30.1. The summed E-state index contributed by atoms with van der Waals surface area (Å²) < 4.78 is 10.8. The molecule has 2 N–H and O–H groups in total. The first-order valence-electron chi connectivity index (χ1n) is 13.9. The molecule has 1 fully saturated rings. The molecule has 4 aromatic rings. The highest BCUT2D eigenvalue weighted by molar-refractivity contribution is 8.00. The van der Waals surface area contributed by atoms with Crippen LogP contribution in [0.15, 0.2) is 108 Å². The molecule has 4 aromatic carbocycles. The van der Waals surface area contributed by atoms with Gasteiger partial charge in [0.15, 0.2) is 11.5 Å². The third-order valence-electron chi connectivity index (χ3n) is 7.03. The van der Waals surface area contributed by atoms with Gasteiger partial charge in [0, 0.05) is 34.7 Å². The molecule has 1 atom stereocenters. The molecule has 2 heterocycles. The van der Waals surface area contributed by atoms with E-state index in [0.717, 1.165) is 16.7 Å². The van der Waals surface area contributed by atoms with E-state index in [1.165, 1.54) is 30.3 Å². The van der Waals surface area contributed by atoms with Crippen molar-refractivity contribution in [2.45, 2.75) is 16.6 Å². The van der Waals surface area contributed by atoms with Crippen molar-refractivity contribution in [2.75, 3.05) is 17.0 Å². The van der Waals surface area contributed by atoms with E-state index in [1.54, 1.807) is 72.8 Å². The van der Waals surface area contributed by atoms with Crippen LogP contribution in [0.4, 0.5) is 17.1 Å². The number of non-ortho nitro benzene ring substituents is 1. The number of nitro benzene ring substituents is 1. The van der Waals surface area contributed by atoms with Gasteiger partial charge in [-0.2, -0.15) is 0 Å². The minimum Gasteiger partial charge on any atom is -0.454 e. The van der Waals surface area contributed by atoms with Crippen LogP contribution < -0.4 is 25.0 Å². The lowest BCUT2D eigenvalue weighted by Gasteiger charge is -2.15. The van der Waals surface area contributed by atoms with Crippen LogP contribution >= 0.6 is 11.8 Å². The Bertz CT molecular complexity index is 1900. The second-order valence-corrected chi connectivity index (χ2v) is 11.4. The number of nitrogens with one attached hydrogen (secondary N) is 2. The molecule has 1 saturated heterocycles. The summed E-state index contributed by atoms with van der Waals surface area (Å²) in [5.74, 6) is -0.859. The van der Waals surface area contributed by atoms with Gasteiger partial charge in [-0.25, -0.2) is 4.90 Å². The topological polar surface area (TPSA) is 157 Å². The number of anilines is 2. The van der Waals surface area contributed by atoms with Gasteiger partial charge in [-0.1, -0.05) is 30.3 Å². The van der Waals surface area contributed by atoms with Crippen molar-refractivity contribution in [2.24, 2.45) is 0 Å². The van der Waals surface area contributed by atoms with Crippen molar-refractivity contribution in [1.82, 2.24) is 5.32 Å². The second kappa shape index (κ2) is 13.0. The molecule has 6 rings (SSSR count). The van der Waals surface area contributed by atoms with Gasteiger partial charge in [-0.05, 0) is 66.2 Å². The molecule has 0 bridgehead atoms. The summed E-state index contributed by atoms with van der Waals surface area (Å²) in [5.41, 5.74) is 1.42. The van der Waals surface area contributed by atoms with Gasteiger partial charge in [0.25, 0.3) is 17.5 Å². The van der Waals surface area contributed by atoms with Crippen LogP contribution in [0.1, 0.15) is 22.3 Å². The van der Waals surface area contributed by atoms with Crippen molar-refractivity contribution in [3.05, 3.63) is 124 Å². The number of benzene rings is 4. The normalized spacial score (nSPS) is 15.5. The Labute approximate surface area is 266 Å². The van der Waals surface area contributed by atoms with Crippen molar-refractivity contribution < 1.29 is 33.6 Å². The van der Waals surface area contributed by atoms with Crippen LogP contribution in [0.5, 0.6) is 11.5 Å². The fourth-order valence-corrected chi connectivity index (χ4v) is 5.93. The average Bonchev–Trinajstić information content (AvgIpc) is 3.64. The van der Waals surface area contributed by atoms with E-state index in [9.17, 15) is 29.3 Å². The van der Waals surface area contributed by atoms with Crippen LogP contribution in [0.2, 0.25) is 0 Å². The van der Waals surface area contributed by atoms with E-state index in [-0.39, 0.29) is 30.3 Å². The quantitative estimate of drug-likeness (QED) is 0.110. The number of nitro groups is 1. The smallest absolute Gasteiger partial charge is 0.272 e. The van der Waals surface area contributed by atoms with E-state index in [1.807, 2.05) is 0 Å². The monoisotopic (exact) mass is 636 g/mol. The highest BCUT2D eigenvalue weighted by Crippen LogP contribution is 2.36. The number of fused-ring (bicyclic) bond motifs is 1. The minimum absolute atomic E-state index is 0.0268. The van der Waals surface area contributed by atoms with Crippen molar-refractivity contribution in [1.29, 1.82) is 0 Å². The molecule has 13 heteroatoms. The van der Waals surface area contributed by atoms with Crippen molar-refractivity contribution >= 4 is 58.5 Å². The number of carbonyl (C=O) groups is 4. The molecule has 0 unspecified atom stereocenters. The Morgan fingerprint density at radius 2 is 1.67 bits per heavy atom. The van der Waals surface area contributed by atoms with Crippen LogP contribution in [-0.2, 0) is 14.4 Å². The van der Waals surface area contributed by atoms with Gasteiger partial charge in [-0.3, -0.25) is 29.3 Å². The molecule has 0 radical (unpaired) electrons. The molecule has 0 spiro atoms. The van der Waals surface area contributed by atoms with E-state index < -0.39 is 33.8 Å². The number of ether oxygens (including phenoxy) is 2. The highest BCUT2D eigenvalue weighted by atomic mass is 32.2. The largest absolute Gasteiger partial charge is 0.454 e. The van der Waals surface area contributed by atoms with Gasteiger partial charge >= 0.3 is 0 Å². The number of amides is 4. The third-order valence-corrected chi connectivity index (χ3v) is 8.21. The van der Waals surface area contributed by atoms with Crippen molar-refractivity contribution in [3.8, 4) is 11.5 Å². The molecule has 2 aliphatic heterocycles. The van der Waals surface area contributed by atoms with Gasteiger partial charge in [0.2, 0.25) is 18.6 Å². The SMILES string of the molecule is O=C(Nc1cccc(S[C@@H]2CC(=O)N(c3ccc([N+](=O)[O-])cc3)C2=O)c1)/C(=C/c1ccc2c(c1)OCO2)NC(=O)c1ccccc1. The fourth-order valence-electron chi connectivity index (χ4n) is 4.81. The lowest BCUT2D eigenvalue weighted by molar-refractivity contribution is -0.384. The fraction of sp³-hybridized carbons (Fsp3) is 0.0909. The maximum absolute atomic E-state index is 13.5. The molecular weight excluding hydrogens is 612 g/mol. The summed E-state index contributed by atoms with van der Waals surface area (Å²) in [4.78, 5) is 64.5. The molecule has 230 valence electrons. The predicted molar refractivity (Wildman–Crippen MR) is 169 cm³/mol. The Morgan fingerprint density at radius 3 is 2.43 bits per heavy atom. The number of thioether (sulfide) groups is 1. The molecular formula is C33H24N4O8S. The molecule has 0 aromatic heterocycles. The number of nitrogens with zero attached hydrogens (tertiary/aromatic N) is 2. The number of rotatable bonds is 9. The van der Waals surface area contributed by atoms with Crippen LogP contribution in [0.25, 0.3) is 6.08 Å². The molecule has 4 amide bonds. The Hall–Kier alpha value is -5.95. The molecule has 12 nitrogen and oxygen atoms in total. The van der Waals surface area contributed by atoms with Gasteiger partial charge in [-0.15, -0.1) is 11.8 Å². The number of hydrogen-bond donors (Lipinski definition) is 2. The van der Waals surface area contributed by atoms with Gasteiger partial charge in [0.05, 0.1) is 15.9 Å². The molecule has 0 aliphatic carbocycles. The lowest BCUT2D eigenvalue weighted by atomic mass is 10.1. The third kappa shape index (κ3) is 6.59. The van der Waals surface area contributed by atoms with Gasteiger partial charge < -0.3 is 20.1 Å². The zero-order chi connectivity index (χ0) is 32.2. The Balaban J connectivity index is 1.18. The summed E-state index contributed by atoms with van der Waals surface area (Å²) in [6.07, 6.45) is 1.46. The van der Waals surface area contributed by atoms with Crippen LogP contribution in [-0.4, -0.2) is 40.6 Å². The average molecular weight is 637 g/mol. The first-order chi connectivity index (χ1) is 22.2. The second-order valence-electron chi connectivity index (χ2n) is 10.1. The first-order valence-corrected chi connectivity index (χ1v) is 14.8. The van der Waals surface area contributed by atoms with Gasteiger partial charge in [0.1, 0.15) is 5.70 Å². The molecule has 0 saturated carbocycles. The summed E-state index contributed by atoms with van der Waals surface area (Å²) in [5, 5.41) is 15.7. The summed E-state index contributed by atoms with van der Waals surface area (Å²) in [7, 11) is 0.